The lowest BCUT2D eigenvalue weighted by Gasteiger charge is -2.32. The number of nitrogens with one attached hydrogen (secondary N) is 1. The summed E-state index contributed by atoms with van der Waals surface area (Å²) in [6.07, 6.45) is 4.23. The molecule has 0 aliphatic carbocycles. The van der Waals surface area contributed by atoms with Crippen molar-refractivity contribution in [2.24, 2.45) is 0 Å². The van der Waals surface area contributed by atoms with Crippen LogP contribution < -0.4 is 5.32 Å². The lowest BCUT2D eigenvalue weighted by molar-refractivity contribution is -0.141. The molecule has 34 heavy (non-hydrogen) atoms. The highest BCUT2D eigenvalue weighted by Crippen LogP contribution is 2.17. The zero-order valence-corrected chi connectivity index (χ0v) is 21.6. The van der Waals surface area contributed by atoms with E-state index >= 15 is 0 Å². The molecule has 1 N–H and O–H groups in total. The summed E-state index contributed by atoms with van der Waals surface area (Å²) in [5.41, 5.74) is 1.69. The van der Waals surface area contributed by atoms with E-state index in [0.29, 0.717) is 18.0 Å². The Hall–Kier alpha value is -2.42. The number of rotatable bonds is 13. The Morgan fingerprint density at radius 1 is 1.00 bits per heavy atom. The van der Waals surface area contributed by atoms with Gasteiger partial charge in [0.1, 0.15) is 6.04 Å². The van der Waals surface area contributed by atoms with E-state index in [0.717, 1.165) is 41.0 Å². The summed E-state index contributed by atoms with van der Waals surface area (Å²) in [5, 5.41) is 3.53. The maximum absolute atomic E-state index is 13.4. The van der Waals surface area contributed by atoms with Crippen LogP contribution in [0.25, 0.3) is 0 Å². The van der Waals surface area contributed by atoms with Gasteiger partial charge in [-0.25, -0.2) is 8.42 Å². The lowest BCUT2D eigenvalue weighted by Crippen LogP contribution is -2.53. The molecule has 2 rings (SSSR count). The fourth-order valence-electron chi connectivity index (χ4n) is 3.44. The van der Waals surface area contributed by atoms with Crippen molar-refractivity contribution in [3.8, 4) is 0 Å². The number of likely N-dealkylation sites (N-methyl/N-ethyl adjacent to an activating group) is 1. The SMILES string of the molecule is CCCCCNC(=O)C(Cc1ccccc1)N(Cc1ccc(Cl)cc1)C(=O)CN(C)S(C)(=O)=O. The zero-order chi connectivity index (χ0) is 25.1. The van der Waals surface area contributed by atoms with Gasteiger partial charge in [-0.05, 0) is 29.7 Å². The fourth-order valence-corrected chi connectivity index (χ4v) is 3.91. The van der Waals surface area contributed by atoms with Crippen LogP contribution in [0, 0.1) is 0 Å². The quantitative estimate of drug-likeness (QED) is 0.420. The van der Waals surface area contributed by atoms with E-state index in [1.165, 1.54) is 11.9 Å². The number of carbonyl (C=O) groups is 2. The molecule has 0 heterocycles. The number of nitrogens with zero attached hydrogens (tertiary/aromatic N) is 2. The molecule has 0 aliphatic rings. The van der Waals surface area contributed by atoms with Crippen molar-refractivity contribution < 1.29 is 18.0 Å². The highest BCUT2D eigenvalue weighted by atomic mass is 35.5. The number of unbranched alkanes of at least 4 members (excludes halogenated alkanes) is 2. The number of hydrogen-bond donors (Lipinski definition) is 1. The van der Waals surface area contributed by atoms with Crippen LogP contribution in [0.5, 0.6) is 0 Å². The van der Waals surface area contributed by atoms with Gasteiger partial charge < -0.3 is 10.2 Å². The molecule has 186 valence electrons. The molecule has 0 radical (unpaired) electrons. The highest BCUT2D eigenvalue weighted by Gasteiger charge is 2.31. The molecule has 0 saturated carbocycles. The summed E-state index contributed by atoms with van der Waals surface area (Å²) >= 11 is 6.01. The summed E-state index contributed by atoms with van der Waals surface area (Å²) in [4.78, 5) is 28.2. The fraction of sp³-hybridized carbons (Fsp3) is 0.440. The van der Waals surface area contributed by atoms with E-state index in [-0.39, 0.29) is 19.0 Å². The first-order valence-corrected chi connectivity index (χ1v) is 13.6. The first kappa shape index (κ1) is 27.8. The molecule has 7 nitrogen and oxygen atoms in total. The summed E-state index contributed by atoms with van der Waals surface area (Å²) in [6.45, 7) is 2.39. The van der Waals surface area contributed by atoms with Crippen molar-refractivity contribution in [3.05, 3.63) is 70.7 Å². The van der Waals surface area contributed by atoms with Crippen molar-refractivity contribution in [3.63, 3.8) is 0 Å². The van der Waals surface area contributed by atoms with Gasteiger partial charge in [-0.15, -0.1) is 0 Å². The minimum Gasteiger partial charge on any atom is -0.354 e. The van der Waals surface area contributed by atoms with Crippen molar-refractivity contribution in [1.82, 2.24) is 14.5 Å². The van der Waals surface area contributed by atoms with Gasteiger partial charge in [0.05, 0.1) is 12.8 Å². The number of amides is 2. The molecule has 0 bridgehead atoms. The highest BCUT2D eigenvalue weighted by molar-refractivity contribution is 7.88. The molecule has 1 unspecified atom stereocenters. The van der Waals surface area contributed by atoms with Gasteiger partial charge in [0, 0.05) is 31.6 Å². The molecule has 9 heteroatoms. The van der Waals surface area contributed by atoms with Gasteiger partial charge in [-0.2, -0.15) is 4.31 Å². The van der Waals surface area contributed by atoms with Crippen LogP contribution in [0.3, 0.4) is 0 Å². The smallest absolute Gasteiger partial charge is 0.243 e. The Labute approximate surface area is 208 Å². The van der Waals surface area contributed by atoms with E-state index in [1.807, 2.05) is 30.3 Å². The predicted octanol–water partition coefficient (Wildman–Crippen LogP) is 3.48. The number of sulfonamides is 1. The van der Waals surface area contributed by atoms with Gasteiger partial charge in [-0.3, -0.25) is 9.59 Å². The molecule has 0 aromatic heterocycles. The molecular weight excluding hydrogens is 474 g/mol. The Kier molecular flexibility index (Phi) is 11.0. The number of carbonyl (C=O) groups excluding carboxylic acids is 2. The average molecular weight is 508 g/mol. The molecule has 0 spiro atoms. The van der Waals surface area contributed by atoms with Crippen LogP contribution in [0.2, 0.25) is 5.02 Å². The molecule has 1 atom stereocenters. The lowest BCUT2D eigenvalue weighted by atomic mass is 10.0. The molecule has 2 aromatic carbocycles. The maximum Gasteiger partial charge on any atom is 0.243 e. The molecular formula is C25H34ClN3O4S. The minimum atomic E-state index is -3.57. The van der Waals surface area contributed by atoms with Crippen LogP contribution >= 0.6 is 11.6 Å². The number of benzene rings is 2. The van der Waals surface area contributed by atoms with E-state index in [2.05, 4.69) is 12.2 Å². The van der Waals surface area contributed by atoms with Crippen LogP contribution in [0.4, 0.5) is 0 Å². The maximum atomic E-state index is 13.4. The van der Waals surface area contributed by atoms with Crippen LogP contribution in [-0.2, 0) is 32.6 Å². The van der Waals surface area contributed by atoms with Gasteiger partial charge in [0.25, 0.3) is 0 Å². The molecule has 0 saturated heterocycles. The molecule has 0 fully saturated rings. The normalized spacial score (nSPS) is 12.4. The Morgan fingerprint density at radius 2 is 1.65 bits per heavy atom. The molecule has 2 amide bonds. The molecule has 2 aromatic rings. The summed E-state index contributed by atoms with van der Waals surface area (Å²) in [5.74, 6) is -0.711. The summed E-state index contributed by atoms with van der Waals surface area (Å²) < 4.78 is 24.9. The summed E-state index contributed by atoms with van der Waals surface area (Å²) in [7, 11) is -2.22. The van der Waals surface area contributed by atoms with Gasteiger partial charge in [0.15, 0.2) is 0 Å². The van der Waals surface area contributed by atoms with Crippen molar-refractivity contribution in [2.75, 3.05) is 26.4 Å². The minimum absolute atomic E-state index is 0.146. The predicted molar refractivity (Wildman–Crippen MR) is 136 cm³/mol. The van der Waals surface area contributed by atoms with Crippen LogP contribution in [0.15, 0.2) is 54.6 Å². The Bertz CT molecular complexity index is 1030. The van der Waals surface area contributed by atoms with Crippen LogP contribution in [-0.4, -0.2) is 61.9 Å². The second-order valence-corrected chi connectivity index (χ2v) is 10.9. The first-order valence-electron chi connectivity index (χ1n) is 11.4. The summed E-state index contributed by atoms with van der Waals surface area (Å²) in [6, 6.07) is 15.7. The largest absolute Gasteiger partial charge is 0.354 e. The second kappa shape index (κ2) is 13.5. The van der Waals surface area contributed by atoms with Crippen molar-refractivity contribution >= 4 is 33.4 Å². The van der Waals surface area contributed by atoms with E-state index < -0.39 is 22.0 Å². The van der Waals surface area contributed by atoms with Gasteiger partial charge in [-0.1, -0.05) is 73.8 Å². The Morgan fingerprint density at radius 3 is 2.24 bits per heavy atom. The van der Waals surface area contributed by atoms with Gasteiger partial charge in [0.2, 0.25) is 21.8 Å². The topological polar surface area (TPSA) is 86.8 Å². The average Bonchev–Trinajstić information content (AvgIpc) is 2.80. The third-order valence-electron chi connectivity index (χ3n) is 5.54. The van der Waals surface area contributed by atoms with Crippen molar-refractivity contribution in [1.29, 1.82) is 0 Å². The van der Waals surface area contributed by atoms with Crippen molar-refractivity contribution in [2.45, 2.75) is 45.2 Å². The van der Waals surface area contributed by atoms with E-state index in [1.54, 1.807) is 24.3 Å². The second-order valence-electron chi connectivity index (χ2n) is 8.37. The molecule has 0 aliphatic heterocycles. The van der Waals surface area contributed by atoms with E-state index in [9.17, 15) is 18.0 Å². The van der Waals surface area contributed by atoms with E-state index in [4.69, 9.17) is 11.6 Å². The van der Waals surface area contributed by atoms with Gasteiger partial charge >= 0.3 is 0 Å². The number of hydrogen-bond acceptors (Lipinski definition) is 4. The van der Waals surface area contributed by atoms with Crippen LogP contribution in [0.1, 0.15) is 37.3 Å². The zero-order valence-electron chi connectivity index (χ0n) is 20.0. The third kappa shape index (κ3) is 9.08. The Balaban J connectivity index is 2.38. The standard InChI is InChI=1S/C25H34ClN3O4S/c1-4-5-9-16-27-25(31)23(17-20-10-7-6-8-11-20)29(18-21-12-14-22(26)15-13-21)24(30)19-28(2)34(3,32)33/h6-8,10-15,23H,4-5,9,16-19H2,1-3H3,(H,27,31). The first-order chi connectivity index (χ1) is 16.1. The number of halogens is 1. The monoisotopic (exact) mass is 507 g/mol. The third-order valence-corrected chi connectivity index (χ3v) is 7.05.